The van der Waals surface area contributed by atoms with E-state index in [4.69, 9.17) is 5.73 Å². The number of rotatable bonds is 4. The standard InChI is InChI=1S/C10H19N5O/c1-5-14(3)10(16)7(2)12-9-8(11)6-15(4)13-9/h6-7H,5,11H2,1-4H3,(H,12,13). The lowest BCUT2D eigenvalue weighted by molar-refractivity contribution is -0.130. The van der Waals surface area contributed by atoms with Crippen LogP contribution in [-0.4, -0.2) is 40.2 Å². The van der Waals surface area contributed by atoms with Crippen LogP contribution in [0, 0.1) is 0 Å². The molecule has 16 heavy (non-hydrogen) atoms. The number of amides is 1. The van der Waals surface area contributed by atoms with Crippen molar-refractivity contribution in [1.82, 2.24) is 14.7 Å². The number of carbonyl (C=O) groups is 1. The van der Waals surface area contributed by atoms with E-state index in [0.717, 1.165) is 0 Å². The van der Waals surface area contributed by atoms with Crippen LogP contribution < -0.4 is 11.1 Å². The average Bonchev–Trinajstić information content (AvgIpc) is 2.55. The Morgan fingerprint density at radius 2 is 2.38 bits per heavy atom. The zero-order chi connectivity index (χ0) is 12.3. The minimum atomic E-state index is -0.331. The second kappa shape index (κ2) is 4.87. The zero-order valence-corrected chi connectivity index (χ0v) is 10.2. The summed E-state index contributed by atoms with van der Waals surface area (Å²) in [5, 5.41) is 7.13. The van der Waals surface area contributed by atoms with Crippen LogP contribution in [0.4, 0.5) is 11.5 Å². The number of carbonyl (C=O) groups excluding carboxylic acids is 1. The second-order valence-corrected chi connectivity index (χ2v) is 3.83. The lowest BCUT2D eigenvalue weighted by Gasteiger charge is -2.20. The number of aryl methyl sites for hydroxylation is 1. The van der Waals surface area contributed by atoms with Gasteiger partial charge in [-0.2, -0.15) is 5.10 Å². The lowest BCUT2D eigenvalue weighted by Crippen LogP contribution is -2.39. The summed E-state index contributed by atoms with van der Waals surface area (Å²) < 4.78 is 1.61. The highest BCUT2D eigenvalue weighted by atomic mass is 16.2. The van der Waals surface area contributed by atoms with Gasteiger partial charge in [-0.15, -0.1) is 0 Å². The van der Waals surface area contributed by atoms with Crippen LogP contribution in [-0.2, 0) is 11.8 Å². The third-order valence-electron chi connectivity index (χ3n) is 2.43. The molecule has 90 valence electrons. The molecule has 1 rings (SSSR count). The summed E-state index contributed by atoms with van der Waals surface area (Å²) in [5.74, 6) is 0.570. The molecular formula is C10H19N5O. The highest BCUT2D eigenvalue weighted by Gasteiger charge is 2.17. The van der Waals surface area contributed by atoms with Gasteiger partial charge in [-0.3, -0.25) is 9.48 Å². The first-order valence-electron chi connectivity index (χ1n) is 5.26. The number of nitrogens with two attached hydrogens (primary N) is 1. The van der Waals surface area contributed by atoms with Crippen molar-refractivity contribution < 1.29 is 4.79 Å². The van der Waals surface area contributed by atoms with Crippen molar-refractivity contribution in [2.75, 3.05) is 24.6 Å². The molecule has 0 spiro atoms. The molecule has 6 heteroatoms. The predicted molar refractivity (Wildman–Crippen MR) is 64.0 cm³/mol. The van der Waals surface area contributed by atoms with E-state index in [0.29, 0.717) is 18.1 Å². The molecule has 0 saturated carbocycles. The average molecular weight is 225 g/mol. The van der Waals surface area contributed by atoms with Gasteiger partial charge in [0, 0.05) is 26.8 Å². The molecule has 6 nitrogen and oxygen atoms in total. The number of nitrogen functional groups attached to an aromatic ring is 1. The van der Waals surface area contributed by atoms with Gasteiger partial charge >= 0.3 is 0 Å². The molecule has 0 aliphatic heterocycles. The largest absolute Gasteiger partial charge is 0.394 e. The second-order valence-electron chi connectivity index (χ2n) is 3.83. The molecule has 0 bridgehead atoms. The first kappa shape index (κ1) is 12.4. The molecule has 1 atom stereocenters. The first-order valence-corrected chi connectivity index (χ1v) is 5.26. The molecule has 0 aliphatic rings. The van der Waals surface area contributed by atoms with E-state index < -0.39 is 0 Å². The number of anilines is 2. The van der Waals surface area contributed by atoms with Crippen LogP contribution >= 0.6 is 0 Å². The monoisotopic (exact) mass is 225 g/mol. The van der Waals surface area contributed by atoms with Crippen molar-refractivity contribution in [2.24, 2.45) is 7.05 Å². The van der Waals surface area contributed by atoms with E-state index in [1.165, 1.54) is 0 Å². The number of nitrogens with zero attached hydrogens (tertiary/aromatic N) is 3. The van der Waals surface area contributed by atoms with Crippen molar-refractivity contribution in [3.63, 3.8) is 0 Å². The van der Waals surface area contributed by atoms with Crippen molar-refractivity contribution in [3.8, 4) is 0 Å². The molecule has 1 unspecified atom stereocenters. The summed E-state index contributed by atoms with van der Waals surface area (Å²) >= 11 is 0. The Morgan fingerprint density at radius 1 is 1.75 bits per heavy atom. The Morgan fingerprint density at radius 3 is 2.81 bits per heavy atom. The summed E-state index contributed by atoms with van der Waals surface area (Å²) in [6, 6.07) is -0.331. The van der Waals surface area contributed by atoms with Crippen LogP contribution in [0.5, 0.6) is 0 Å². The Labute approximate surface area is 95.4 Å². The smallest absolute Gasteiger partial charge is 0.244 e. The van der Waals surface area contributed by atoms with E-state index in [9.17, 15) is 4.79 Å². The van der Waals surface area contributed by atoms with Crippen molar-refractivity contribution in [2.45, 2.75) is 19.9 Å². The Bertz CT molecular complexity index is 373. The highest BCUT2D eigenvalue weighted by Crippen LogP contribution is 2.15. The molecule has 1 heterocycles. The number of hydrogen-bond donors (Lipinski definition) is 2. The summed E-state index contributed by atoms with van der Waals surface area (Å²) in [7, 11) is 3.55. The predicted octanol–water partition coefficient (Wildman–Crippen LogP) is 0.281. The highest BCUT2D eigenvalue weighted by molar-refractivity contribution is 5.84. The van der Waals surface area contributed by atoms with Crippen molar-refractivity contribution >= 4 is 17.4 Å². The quantitative estimate of drug-likeness (QED) is 0.771. The van der Waals surface area contributed by atoms with Crippen LogP contribution in [0.1, 0.15) is 13.8 Å². The van der Waals surface area contributed by atoms with Crippen LogP contribution in [0.2, 0.25) is 0 Å². The maximum Gasteiger partial charge on any atom is 0.244 e. The maximum atomic E-state index is 11.8. The molecule has 0 aliphatic carbocycles. The number of likely N-dealkylation sites (N-methyl/N-ethyl adjacent to an activating group) is 1. The SMILES string of the molecule is CCN(C)C(=O)C(C)Nc1nn(C)cc1N. The lowest BCUT2D eigenvalue weighted by atomic mass is 10.3. The van der Waals surface area contributed by atoms with Crippen LogP contribution in [0.15, 0.2) is 6.20 Å². The summed E-state index contributed by atoms with van der Waals surface area (Å²) in [5.41, 5.74) is 6.27. The normalized spacial score (nSPS) is 12.2. The first-order chi connectivity index (χ1) is 7.45. The molecule has 0 radical (unpaired) electrons. The van der Waals surface area contributed by atoms with Gasteiger partial charge in [0.1, 0.15) is 6.04 Å². The molecule has 3 N–H and O–H groups in total. The number of nitrogens with one attached hydrogen (secondary N) is 1. The molecule has 0 fully saturated rings. The Balaban J connectivity index is 2.67. The Hall–Kier alpha value is -1.72. The van der Waals surface area contributed by atoms with Gasteiger partial charge in [0.2, 0.25) is 5.91 Å². The van der Waals surface area contributed by atoms with Gasteiger partial charge in [0.15, 0.2) is 5.82 Å². The minimum Gasteiger partial charge on any atom is -0.394 e. The minimum absolute atomic E-state index is 0.0209. The fourth-order valence-corrected chi connectivity index (χ4v) is 1.37. The van der Waals surface area contributed by atoms with E-state index in [-0.39, 0.29) is 11.9 Å². The zero-order valence-electron chi connectivity index (χ0n) is 10.2. The maximum absolute atomic E-state index is 11.8. The van der Waals surface area contributed by atoms with Gasteiger partial charge in [0.05, 0.1) is 5.69 Å². The van der Waals surface area contributed by atoms with Crippen molar-refractivity contribution in [1.29, 1.82) is 0 Å². The van der Waals surface area contributed by atoms with Crippen LogP contribution in [0.25, 0.3) is 0 Å². The third-order valence-corrected chi connectivity index (χ3v) is 2.43. The Kier molecular flexibility index (Phi) is 3.76. The summed E-state index contributed by atoms with van der Waals surface area (Å²) in [4.78, 5) is 13.4. The van der Waals surface area contributed by atoms with Crippen LogP contribution in [0.3, 0.4) is 0 Å². The summed E-state index contributed by atoms with van der Waals surface area (Å²) in [6.07, 6.45) is 1.70. The fraction of sp³-hybridized carbons (Fsp3) is 0.600. The molecule has 1 amide bonds. The van der Waals surface area contributed by atoms with Gasteiger partial charge in [-0.1, -0.05) is 0 Å². The van der Waals surface area contributed by atoms with E-state index in [1.807, 2.05) is 6.92 Å². The van der Waals surface area contributed by atoms with Crippen molar-refractivity contribution in [3.05, 3.63) is 6.20 Å². The molecule has 0 aromatic carbocycles. The van der Waals surface area contributed by atoms with Gasteiger partial charge in [-0.25, -0.2) is 0 Å². The van der Waals surface area contributed by atoms with Gasteiger partial charge in [0.25, 0.3) is 0 Å². The molecular weight excluding hydrogens is 206 g/mol. The fourth-order valence-electron chi connectivity index (χ4n) is 1.37. The van der Waals surface area contributed by atoms with E-state index in [2.05, 4.69) is 10.4 Å². The van der Waals surface area contributed by atoms with E-state index >= 15 is 0 Å². The third kappa shape index (κ3) is 2.65. The molecule has 1 aromatic rings. The number of hydrogen-bond acceptors (Lipinski definition) is 4. The van der Waals surface area contributed by atoms with Gasteiger partial charge < -0.3 is 16.0 Å². The summed E-state index contributed by atoms with van der Waals surface area (Å²) in [6.45, 7) is 4.41. The topological polar surface area (TPSA) is 76.2 Å². The molecule has 0 saturated heterocycles. The van der Waals surface area contributed by atoms with Gasteiger partial charge in [-0.05, 0) is 13.8 Å². The number of aromatic nitrogens is 2. The van der Waals surface area contributed by atoms with E-state index in [1.54, 1.807) is 36.8 Å². The molecule has 1 aromatic heterocycles.